The van der Waals surface area contributed by atoms with E-state index in [1.807, 2.05) is 0 Å². The Kier molecular flexibility index (Phi) is 2.79. The van der Waals surface area contributed by atoms with Gasteiger partial charge in [-0.05, 0) is 12.1 Å². The van der Waals surface area contributed by atoms with Gasteiger partial charge >= 0.3 is 5.97 Å². The molecule has 1 saturated heterocycles. The number of rotatable bonds is 3. The fraction of sp³-hybridized carbons (Fsp3) is 0.308. The van der Waals surface area contributed by atoms with Gasteiger partial charge in [-0.15, -0.1) is 0 Å². The maximum atomic E-state index is 12.2. The minimum atomic E-state index is -1.01. The molecule has 4 atom stereocenters. The summed E-state index contributed by atoms with van der Waals surface area (Å²) >= 11 is 0. The number of aliphatic carboxylic acids is 1. The zero-order chi connectivity index (χ0) is 13.4. The number of carboxylic acids is 1. The summed E-state index contributed by atoms with van der Waals surface area (Å²) in [7, 11) is 0. The van der Waals surface area contributed by atoms with Crippen molar-refractivity contribution in [2.45, 2.75) is 12.2 Å². The molecule has 2 aliphatic rings. The summed E-state index contributed by atoms with van der Waals surface area (Å²) in [4.78, 5) is 27.3. The van der Waals surface area contributed by atoms with Crippen LogP contribution in [-0.2, 0) is 14.3 Å². The maximum Gasteiger partial charge on any atom is 0.310 e. The molecule has 0 radical (unpaired) electrons. The Bertz CT molecular complexity index is 543. The lowest BCUT2D eigenvalue weighted by Crippen LogP contribution is -2.39. The molecule has 2 aliphatic heterocycles. The quantitative estimate of drug-likeness (QED) is 0.780. The largest absolute Gasteiger partial charge is 0.481 e. The number of ether oxygens (including phenoxy) is 1. The summed E-state index contributed by atoms with van der Waals surface area (Å²) in [5, 5.41) is 11.9. The molecule has 1 fully saturated rings. The SMILES string of the molecule is O=C(O)[C@@H]1[C@@H](C(=O)Nc2cccnc2)[C@H]2C=C[C@@H]1O2. The molecule has 0 aliphatic carbocycles. The van der Waals surface area contributed by atoms with E-state index in [4.69, 9.17) is 4.74 Å². The van der Waals surface area contributed by atoms with E-state index in [1.54, 1.807) is 30.5 Å². The highest BCUT2D eigenvalue weighted by molar-refractivity contribution is 5.96. The molecule has 2 bridgehead atoms. The number of fused-ring (bicyclic) bond motifs is 2. The van der Waals surface area contributed by atoms with Crippen LogP contribution in [0.1, 0.15) is 0 Å². The first kappa shape index (κ1) is 11.9. The monoisotopic (exact) mass is 260 g/mol. The Balaban J connectivity index is 1.79. The number of carboxylic acid groups (broad SMARTS) is 1. The van der Waals surface area contributed by atoms with E-state index in [-0.39, 0.29) is 5.91 Å². The molecule has 3 heterocycles. The highest BCUT2D eigenvalue weighted by Crippen LogP contribution is 2.39. The maximum absolute atomic E-state index is 12.2. The van der Waals surface area contributed by atoms with Crippen molar-refractivity contribution in [3.63, 3.8) is 0 Å². The number of carbonyl (C=O) groups excluding carboxylic acids is 1. The zero-order valence-corrected chi connectivity index (χ0v) is 9.89. The number of nitrogens with zero attached hydrogens (tertiary/aromatic N) is 1. The highest BCUT2D eigenvalue weighted by Gasteiger charge is 2.53. The van der Waals surface area contributed by atoms with Crippen molar-refractivity contribution in [3.8, 4) is 0 Å². The number of anilines is 1. The van der Waals surface area contributed by atoms with Gasteiger partial charge in [0.05, 0.1) is 30.0 Å². The number of nitrogens with one attached hydrogen (secondary N) is 1. The second-order valence-electron chi connectivity index (χ2n) is 4.57. The molecular formula is C13H12N2O4. The molecule has 1 amide bonds. The van der Waals surface area contributed by atoms with E-state index < -0.39 is 30.0 Å². The Morgan fingerprint density at radius 3 is 2.63 bits per heavy atom. The van der Waals surface area contributed by atoms with Crippen LogP contribution in [0.25, 0.3) is 0 Å². The Morgan fingerprint density at radius 2 is 2.00 bits per heavy atom. The molecule has 6 nitrogen and oxygen atoms in total. The number of hydrogen-bond donors (Lipinski definition) is 2. The van der Waals surface area contributed by atoms with Gasteiger partial charge in [0.2, 0.25) is 5.91 Å². The molecule has 3 rings (SSSR count). The average Bonchev–Trinajstić information content (AvgIpc) is 2.99. The number of pyridine rings is 1. The average molecular weight is 260 g/mol. The topological polar surface area (TPSA) is 88.5 Å². The van der Waals surface area contributed by atoms with E-state index in [0.717, 1.165) is 0 Å². The van der Waals surface area contributed by atoms with Crippen LogP contribution >= 0.6 is 0 Å². The van der Waals surface area contributed by atoms with Crippen molar-refractivity contribution in [3.05, 3.63) is 36.7 Å². The van der Waals surface area contributed by atoms with E-state index in [2.05, 4.69) is 10.3 Å². The van der Waals surface area contributed by atoms with Crippen LogP contribution in [-0.4, -0.2) is 34.2 Å². The molecular weight excluding hydrogens is 248 g/mol. The molecule has 0 aromatic carbocycles. The van der Waals surface area contributed by atoms with E-state index in [0.29, 0.717) is 5.69 Å². The van der Waals surface area contributed by atoms with Gasteiger partial charge in [0.25, 0.3) is 0 Å². The first-order valence-corrected chi connectivity index (χ1v) is 5.94. The second kappa shape index (κ2) is 4.47. The third-order valence-corrected chi connectivity index (χ3v) is 3.42. The predicted molar refractivity (Wildman–Crippen MR) is 65.3 cm³/mol. The van der Waals surface area contributed by atoms with Gasteiger partial charge in [-0.1, -0.05) is 12.2 Å². The predicted octanol–water partition coefficient (Wildman–Crippen LogP) is 0.674. The van der Waals surface area contributed by atoms with Crippen molar-refractivity contribution in [2.24, 2.45) is 11.8 Å². The van der Waals surface area contributed by atoms with Crippen LogP contribution < -0.4 is 5.32 Å². The lowest BCUT2D eigenvalue weighted by molar-refractivity contribution is -0.145. The van der Waals surface area contributed by atoms with E-state index in [9.17, 15) is 14.7 Å². The summed E-state index contributed by atoms with van der Waals surface area (Å²) in [5.74, 6) is -2.89. The van der Waals surface area contributed by atoms with Gasteiger partial charge in [-0.25, -0.2) is 0 Å². The Morgan fingerprint density at radius 1 is 1.26 bits per heavy atom. The van der Waals surface area contributed by atoms with Gasteiger partial charge in [-0.2, -0.15) is 0 Å². The summed E-state index contributed by atoms with van der Waals surface area (Å²) in [6.45, 7) is 0. The highest BCUT2D eigenvalue weighted by atomic mass is 16.5. The molecule has 19 heavy (non-hydrogen) atoms. The first-order valence-electron chi connectivity index (χ1n) is 5.94. The summed E-state index contributed by atoms with van der Waals surface area (Å²) in [5.41, 5.74) is 0.545. The standard InChI is InChI=1S/C13H12N2O4/c16-12(15-7-2-1-5-14-6-7)10-8-3-4-9(19-8)11(10)13(17)18/h1-6,8-11H,(H,15,16)(H,17,18)/t8-,9+,10+,11+/m1/s1. The van der Waals surface area contributed by atoms with Crippen molar-refractivity contribution in [1.82, 2.24) is 4.98 Å². The normalized spacial score (nSPS) is 31.4. The lowest BCUT2D eigenvalue weighted by atomic mass is 9.82. The number of hydrogen-bond acceptors (Lipinski definition) is 4. The molecule has 0 spiro atoms. The van der Waals surface area contributed by atoms with Gasteiger partial charge in [0.1, 0.15) is 5.92 Å². The molecule has 2 N–H and O–H groups in total. The van der Waals surface area contributed by atoms with Gasteiger partial charge < -0.3 is 15.2 Å². The van der Waals surface area contributed by atoms with Crippen LogP contribution in [0.5, 0.6) is 0 Å². The summed E-state index contributed by atoms with van der Waals surface area (Å²) in [6.07, 6.45) is 5.60. The number of aromatic nitrogens is 1. The molecule has 0 unspecified atom stereocenters. The van der Waals surface area contributed by atoms with Crippen LogP contribution in [0.2, 0.25) is 0 Å². The van der Waals surface area contributed by atoms with Crippen LogP contribution in [0.15, 0.2) is 36.7 Å². The third-order valence-electron chi connectivity index (χ3n) is 3.42. The lowest BCUT2D eigenvalue weighted by Gasteiger charge is -2.20. The second-order valence-corrected chi connectivity index (χ2v) is 4.57. The van der Waals surface area contributed by atoms with E-state index >= 15 is 0 Å². The summed E-state index contributed by atoms with van der Waals surface area (Å²) in [6, 6.07) is 3.39. The zero-order valence-electron chi connectivity index (χ0n) is 9.89. The fourth-order valence-electron chi connectivity index (χ4n) is 2.58. The van der Waals surface area contributed by atoms with Crippen LogP contribution in [0.4, 0.5) is 5.69 Å². The van der Waals surface area contributed by atoms with Crippen LogP contribution in [0, 0.1) is 11.8 Å². The Labute approximate surface area is 109 Å². The van der Waals surface area contributed by atoms with Crippen molar-refractivity contribution < 1.29 is 19.4 Å². The molecule has 6 heteroatoms. The van der Waals surface area contributed by atoms with E-state index in [1.165, 1.54) is 6.20 Å². The van der Waals surface area contributed by atoms with Crippen LogP contribution in [0.3, 0.4) is 0 Å². The first-order chi connectivity index (χ1) is 9.16. The van der Waals surface area contributed by atoms with Gasteiger partial charge in [0, 0.05) is 6.20 Å². The molecule has 1 aromatic heterocycles. The molecule has 1 aromatic rings. The minimum absolute atomic E-state index is 0.350. The van der Waals surface area contributed by atoms with Crippen molar-refractivity contribution in [2.75, 3.05) is 5.32 Å². The molecule has 0 saturated carbocycles. The number of amides is 1. The third kappa shape index (κ3) is 2.00. The fourth-order valence-corrected chi connectivity index (χ4v) is 2.58. The minimum Gasteiger partial charge on any atom is -0.481 e. The smallest absolute Gasteiger partial charge is 0.310 e. The summed E-state index contributed by atoms with van der Waals surface area (Å²) < 4.78 is 5.45. The van der Waals surface area contributed by atoms with Gasteiger partial charge in [-0.3, -0.25) is 14.6 Å². The molecule has 98 valence electrons. The van der Waals surface area contributed by atoms with Crippen molar-refractivity contribution in [1.29, 1.82) is 0 Å². The Hall–Kier alpha value is -2.21. The van der Waals surface area contributed by atoms with Gasteiger partial charge in [0.15, 0.2) is 0 Å². The number of carbonyl (C=O) groups is 2. The van der Waals surface area contributed by atoms with Crippen molar-refractivity contribution >= 4 is 17.6 Å².